The summed E-state index contributed by atoms with van der Waals surface area (Å²) in [7, 11) is 0. The fourth-order valence-electron chi connectivity index (χ4n) is 7.48. The Hall–Kier alpha value is -3.85. The Bertz CT molecular complexity index is 1260. The Morgan fingerprint density at radius 3 is 1.77 bits per heavy atom. The van der Waals surface area contributed by atoms with Crippen LogP contribution in [0.5, 0.6) is 0 Å². The molecular formula is C27H28F2O14. The second-order valence-electron chi connectivity index (χ2n) is 12.0. The van der Waals surface area contributed by atoms with Gasteiger partial charge in [-0.25, -0.2) is 19.2 Å². The lowest BCUT2D eigenvalue weighted by Crippen LogP contribution is -2.40. The molecule has 0 spiro atoms. The molecule has 2 aliphatic heterocycles. The third-order valence-corrected chi connectivity index (χ3v) is 9.27. The lowest BCUT2D eigenvalue weighted by atomic mass is 9.88. The predicted molar refractivity (Wildman–Crippen MR) is 126 cm³/mol. The highest BCUT2D eigenvalue weighted by molar-refractivity contribution is 5.88. The third-order valence-electron chi connectivity index (χ3n) is 9.27. The molecule has 0 radical (unpaired) electrons. The molecule has 14 nitrogen and oxygen atoms in total. The van der Waals surface area contributed by atoms with Crippen LogP contribution in [-0.4, -0.2) is 91.4 Å². The smallest absolute Gasteiger partial charge is 0.377 e. The van der Waals surface area contributed by atoms with Crippen LogP contribution in [0, 0.1) is 35.5 Å². The van der Waals surface area contributed by atoms with E-state index >= 15 is 0 Å². The van der Waals surface area contributed by atoms with Crippen LogP contribution < -0.4 is 0 Å². The molecule has 0 aromatic rings. The van der Waals surface area contributed by atoms with E-state index in [0.717, 1.165) is 0 Å². The van der Waals surface area contributed by atoms with E-state index in [0.29, 0.717) is 25.7 Å². The Labute approximate surface area is 241 Å². The molecular weight excluding hydrogens is 586 g/mol. The molecule has 0 aromatic carbocycles. The molecule has 234 valence electrons. The molecule has 4 saturated carbocycles. The summed E-state index contributed by atoms with van der Waals surface area (Å²) in [6.45, 7) is -1.72. The maximum Gasteiger partial charge on any atom is 0.377 e. The van der Waals surface area contributed by atoms with Crippen LogP contribution in [0.25, 0.3) is 0 Å². The summed E-state index contributed by atoms with van der Waals surface area (Å²) in [5, 5.41) is 0. The number of hydrogen-bond acceptors (Lipinski definition) is 14. The summed E-state index contributed by atoms with van der Waals surface area (Å²) in [6, 6.07) is 0. The maximum absolute atomic E-state index is 13.4. The fourth-order valence-corrected chi connectivity index (χ4v) is 7.48. The quantitative estimate of drug-likeness (QED) is 0.224. The first-order valence-corrected chi connectivity index (χ1v) is 14.0. The second kappa shape index (κ2) is 10.7. The van der Waals surface area contributed by atoms with Crippen molar-refractivity contribution in [1.29, 1.82) is 0 Å². The summed E-state index contributed by atoms with van der Waals surface area (Å²) >= 11 is 0. The maximum atomic E-state index is 13.4. The molecule has 0 amide bonds. The van der Waals surface area contributed by atoms with E-state index in [1.807, 2.05) is 0 Å². The molecule has 4 aliphatic carbocycles. The minimum Gasteiger partial charge on any atom is -0.458 e. The average molecular weight is 615 g/mol. The zero-order valence-corrected chi connectivity index (χ0v) is 22.8. The van der Waals surface area contributed by atoms with E-state index in [9.17, 15) is 42.3 Å². The van der Waals surface area contributed by atoms with Crippen molar-refractivity contribution < 1.29 is 75.5 Å². The zero-order chi connectivity index (χ0) is 30.8. The molecule has 2 heterocycles. The summed E-state index contributed by atoms with van der Waals surface area (Å²) in [4.78, 5) is 85.1. The molecule has 11 atom stereocenters. The first kappa shape index (κ1) is 29.2. The topological polar surface area (TPSA) is 184 Å². The third kappa shape index (κ3) is 5.39. The molecule has 6 fully saturated rings. The number of fused-ring (bicyclic) bond motifs is 2. The van der Waals surface area contributed by atoms with Crippen molar-refractivity contribution in [2.75, 3.05) is 13.2 Å². The van der Waals surface area contributed by atoms with E-state index in [1.54, 1.807) is 0 Å². The van der Waals surface area contributed by atoms with E-state index < -0.39 is 85.9 Å². The van der Waals surface area contributed by atoms with Gasteiger partial charge in [0.1, 0.15) is 24.4 Å². The second-order valence-corrected chi connectivity index (χ2v) is 12.0. The Morgan fingerprint density at radius 2 is 1.28 bits per heavy atom. The van der Waals surface area contributed by atoms with E-state index in [2.05, 4.69) is 4.74 Å². The van der Waals surface area contributed by atoms with E-state index in [4.69, 9.17) is 28.4 Å². The van der Waals surface area contributed by atoms with Crippen molar-refractivity contribution >= 4 is 41.8 Å². The predicted octanol–water partition coefficient (Wildman–Crippen LogP) is 0.0163. The highest BCUT2D eigenvalue weighted by Crippen LogP contribution is 2.56. The zero-order valence-electron chi connectivity index (χ0n) is 22.8. The van der Waals surface area contributed by atoms with Crippen molar-refractivity contribution in [2.45, 2.75) is 75.5 Å². The lowest BCUT2D eigenvalue weighted by Gasteiger charge is -2.25. The van der Waals surface area contributed by atoms with Gasteiger partial charge in [0.25, 0.3) is 0 Å². The fraction of sp³-hybridized carbons (Fsp3) is 0.741. The van der Waals surface area contributed by atoms with E-state index in [-0.39, 0.29) is 54.4 Å². The molecule has 2 saturated heterocycles. The van der Waals surface area contributed by atoms with Gasteiger partial charge in [0.2, 0.25) is 6.10 Å². The van der Waals surface area contributed by atoms with Crippen LogP contribution in [0.3, 0.4) is 0 Å². The van der Waals surface area contributed by atoms with Gasteiger partial charge in [0.15, 0.2) is 13.2 Å². The van der Waals surface area contributed by atoms with Crippen molar-refractivity contribution in [3.63, 3.8) is 0 Å². The number of carbonyl (C=O) groups excluding carboxylic acids is 7. The summed E-state index contributed by atoms with van der Waals surface area (Å²) in [5.41, 5.74) is 0. The van der Waals surface area contributed by atoms with Crippen LogP contribution in [0.2, 0.25) is 0 Å². The number of alkyl halides is 2. The first-order chi connectivity index (χ1) is 20.3. The summed E-state index contributed by atoms with van der Waals surface area (Å²) in [6.07, 6.45) is -3.57. The molecule has 6 aliphatic rings. The number of halogens is 2. The number of esters is 7. The normalized spacial score (nSPS) is 36.5. The molecule has 11 unspecified atom stereocenters. The lowest BCUT2D eigenvalue weighted by molar-refractivity contribution is -0.188. The van der Waals surface area contributed by atoms with Crippen molar-refractivity contribution in [1.82, 2.24) is 0 Å². The monoisotopic (exact) mass is 614 g/mol. The highest BCUT2D eigenvalue weighted by Gasteiger charge is 2.64. The Morgan fingerprint density at radius 1 is 0.791 bits per heavy atom. The van der Waals surface area contributed by atoms with Gasteiger partial charge in [0.05, 0.1) is 18.3 Å². The highest BCUT2D eigenvalue weighted by atomic mass is 19.3. The Kier molecular flexibility index (Phi) is 7.27. The van der Waals surface area contributed by atoms with E-state index in [1.165, 1.54) is 0 Å². The first-order valence-electron chi connectivity index (χ1n) is 14.0. The van der Waals surface area contributed by atoms with Gasteiger partial charge in [-0.15, -0.1) is 0 Å². The molecule has 16 heteroatoms. The molecule has 43 heavy (non-hydrogen) atoms. The molecule has 0 N–H and O–H groups in total. The van der Waals surface area contributed by atoms with Crippen LogP contribution in [0.15, 0.2) is 0 Å². The van der Waals surface area contributed by atoms with Gasteiger partial charge in [0, 0.05) is 30.6 Å². The average Bonchev–Trinajstić information content (AvgIpc) is 3.75. The SMILES string of the molecule is CC(F)(F)C(=O)OC(CC(=O)OCC(=O)OC1C2CC3C(=O)OC1C3C2)C(=O)OCC(=O)OC1C2CC3C(=O)OC1C3C2. The molecule has 0 aromatic heterocycles. The number of hydrogen-bond donors (Lipinski definition) is 0. The van der Waals surface area contributed by atoms with Crippen LogP contribution in [0.4, 0.5) is 8.78 Å². The van der Waals surface area contributed by atoms with Gasteiger partial charge < -0.3 is 33.2 Å². The number of ether oxygens (including phenoxy) is 7. The van der Waals surface area contributed by atoms with Crippen LogP contribution in [-0.2, 0) is 66.7 Å². The molecule has 6 rings (SSSR count). The summed E-state index contributed by atoms with van der Waals surface area (Å²) in [5.74, 6) is -12.3. The van der Waals surface area contributed by atoms with Gasteiger partial charge in [-0.05, 0) is 25.7 Å². The van der Waals surface area contributed by atoms with Crippen LogP contribution in [0.1, 0.15) is 39.0 Å². The minimum absolute atomic E-state index is 0.0332. The van der Waals surface area contributed by atoms with Gasteiger partial charge in [-0.1, -0.05) is 0 Å². The standard InChI is InChI=1S/C27H28F2O14/c1-27(28,29)26(36)39-15(25(35)38-8-18(32)41-20-10-3-12-14(5-10)24(34)43-22(12)20)6-16(30)37-7-17(31)40-19-9-2-11-13(4-9)23(33)42-21(11)19/h9-15,19-22H,2-8H2,1H3. The van der Waals surface area contributed by atoms with Crippen LogP contribution >= 0.6 is 0 Å². The van der Waals surface area contributed by atoms with Gasteiger partial charge in [-0.2, -0.15) is 8.78 Å². The number of carbonyl (C=O) groups is 7. The molecule has 4 bridgehead atoms. The van der Waals surface area contributed by atoms with Crippen molar-refractivity contribution in [2.24, 2.45) is 35.5 Å². The minimum atomic E-state index is -4.03. The van der Waals surface area contributed by atoms with Gasteiger partial charge >= 0.3 is 47.7 Å². The number of rotatable bonds is 11. The van der Waals surface area contributed by atoms with Crippen molar-refractivity contribution in [3.05, 3.63) is 0 Å². The van der Waals surface area contributed by atoms with Crippen molar-refractivity contribution in [3.8, 4) is 0 Å². The van der Waals surface area contributed by atoms with Gasteiger partial charge in [-0.3, -0.25) is 14.4 Å². The Balaban J connectivity index is 0.983. The largest absolute Gasteiger partial charge is 0.458 e. The summed E-state index contributed by atoms with van der Waals surface area (Å²) < 4.78 is 62.2.